The van der Waals surface area contributed by atoms with Crippen molar-refractivity contribution in [3.63, 3.8) is 0 Å². The molecule has 2 unspecified atom stereocenters. The van der Waals surface area contributed by atoms with Crippen molar-refractivity contribution in [2.75, 3.05) is 7.11 Å². The number of methoxy groups -OCH3 is 1. The topological polar surface area (TPSA) is 56.5 Å². The standard InChI is InChI=1S/C13H19F3N2O2/c1-9(19-2)7-8-11(18-17)10-5-3-4-6-12(10)20-13(14,15)16/h3-6,9,11,18H,7-8,17H2,1-2H3. The maximum absolute atomic E-state index is 12.4. The molecule has 0 amide bonds. The summed E-state index contributed by atoms with van der Waals surface area (Å²) in [5, 5.41) is 0. The molecule has 0 saturated carbocycles. The van der Waals surface area contributed by atoms with Crippen LogP contribution in [0.25, 0.3) is 0 Å². The SMILES string of the molecule is COC(C)CCC(NN)c1ccccc1OC(F)(F)F. The van der Waals surface area contributed by atoms with Crippen molar-refractivity contribution in [2.45, 2.75) is 38.3 Å². The van der Waals surface area contributed by atoms with Gasteiger partial charge in [0.05, 0.1) is 6.10 Å². The van der Waals surface area contributed by atoms with Gasteiger partial charge in [-0.1, -0.05) is 18.2 Å². The number of halogens is 3. The van der Waals surface area contributed by atoms with Gasteiger partial charge in [0, 0.05) is 18.7 Å². The van der Waals surface area contributed by atoms with Crippen LogP contribution in [0.1, 0.15) is 31.4 Å². The van der Waals surface area contributed by atoms with Crippen molar-refractivity contribution in [3.8, 4) is 5.75 Å². The first-order valence-corrected chi connectivity index (χ1v) is 6.21. The summed E-state index contributed by atoms with van der Waals surface area (Å²) in [5.74, 6) is 5.19. The molecular formula is C13H19F3N2O2. The van der Waals surface area contributed by atoms with Crippen molar-refractivity contribution >= 4 is 0 Å². The highest BCUT2D eigenvalue weighted by Crippen LogP contribution is 2.32. The molecule has 0 aliphatic heterocycles. The largest absolute Gasteiger partial charge is 0.573 e. The van der Waals surface area contributed by atoms with E-state index in [-0.39, 0.29) is 11.9 Å². The summed E-state index contributed by atoms with van der Waals surface area (Å²) >= 11 is 0. The summed E-state index contributed by atoms with van der Waals surface area (Å²) < 4.78 is 46.2. The number of nitrogens with two attached hydrogens (primary N) is 1. The van der Waals surface area contributed by atoms with Crippen molar-refractivity contribution < 1.29 is 22.6 Å². The monoisotopic (exact) mass is 292 g/mol. The highest BCUT2D eigenvalue weighted by atomic mass is 19.4. The average Bonchev–Trinajstić information content (AvgIpc) is 2.39. The molecule has 2 atom stereocenters. The van der Waals surface area contributed by atoms with Crippen LogP contribution in [-0.4, -0.2) is 19.6 Å². The fraction of sp³-hybridized carbons (Fsp3) is 0.538. The van der Waals surface area contributed by atoms with Gasteiger partial charge >= 0.3 is 6.36 Å². The zero-order valence-corrected chi connectivity index (χ0v) is 11.4. The molecule has 0 aromatic heterocycles. The highest BCUT2D eigenvalue weighted by molar-refractivity contribution is 5.36. The zero-order chi connectivity index (χ0) is 15.2. The number of hydrazine groups is 1. The van der Waals surface area contributed by atoms with Crippen molar-refractivity contribution in [3.05, 3.63) is 29.8 Å². The second kappa shape index (κ2) is 7.47. The van der Waals surface area contributed by atoms with Gasteiger partial charge in [0.15, 0.2) is 0 Å². The van der Waals surface area contributed by atoms with E-state index in [0.717, 1.165) is 0 Å². The number of benzene rings is 1. The number of para-hydroxylation sites is 1. The number of hydrogen-bond acceptors (Lipinski definition) is 4. The van der Waals surface area contributed by atoms with E-state index in [9.17, 15) is 13.2 Å². The van der Waals surface area contributed by atoms with Crippen molar-refractivity contribution in [2.24, 2.45) is 5.84 Å². The van der Waals surface area contributed by atoms with Crippen LogP contribution < -0.4 is 16.0 Å². The molecule has 1 aromatic rings. The molecular weight excluding hydrogens is 273 g/mol. The first-order valence-electron chi connectivity index (χ1n) is 6.21. The Bertz CT molecular complexity index is 413. The molecule has 114 valence electrons. The van der Waals surface area contributed by atoms with Gasteiger partial charge in [0.2, 0.25) is 0 Å². The lowest BCUT2D eigenvalue weighted by Gasteiger charge is -2.21. The van der Waals surface area contributed by atoms with Gasteiger partial charge in [-0.3, -0.25) is 11.3 Å². The van der Waals surface area contributed by atoms with Crippen molar-refractivity contribution in [1.29, 1.82) is 0 Å². The molecule has 0 aliphatic carbocycles. The number of nitrogens with one attached hydrogen (secondary N) is 1. The average molecular weight is 292 g/mol. The molecule has 1 rings (SSSR count). The first-order chi connectivity index (χ1) is 9.37. The second-order valence-corrected chi connectivity index (χ2v) is 4.43. The van der Waals surface area contributed by atoms with Gasteiger partial charge in [-0.15, -0.1) is 13.2 Å². The highest BCUT2D eigenvalue weighted by Gasteiger charge is 2.32. The van der Waals surface area contributed by atoms with Crippen molar-refractivity contribution in [1.82, 2.24) is 5.43 Å². The summed E-state index contributed by atoms with van der Waals surface area (Å²) in [6.45, 7) is 1.88. The lowest BCUT2D eigenvalue weighted by atomic mass is 10.00. The molecule has 3 N–H and O–H groups in total. The predicted octanol–water partition coefficient (Wildman–Crippen LogP) is 2.90. The Morgan fingerprint density at radius 1 is 1.25 bits per heavy atom. The Morgan fingerprint density at radius 2 is 1.90 bits per heavy atom. The minimum absolute atomic E-state index is 0.00143. The van der Waals surface area contributed by atoms with Gasteiger partial charge in [0.25, 0.3) is 0 Å². The van der Waals surface area contributed by atoms with Crippen LogP contribution in [0, 0.1) is 0 Å². The maximum atomic E-state index is 12.4. The van der Waals surface area contributed by atoms with Gasteiger partial charge in [0.1, 0.15) is 5.75 Å². The normalized spacial score (nSPS) is 14.9. The summed E-state index contributed by atoms with van der Waals surface area (Å²) in [6, 6.07) is 5.51. The molecule has 0 radical (unpaired) electrons. The fourth-order valence-electron chi connectivity index (χ4n) is 1.83. The first kappa shape index (κ1) is 16.7. The van der Waals surface area contributed by atoms with Crippen LogP contribution >= 0.6 is 0 Å². The van der Waals surface area contributed by atoms with Gasteiger partial charge in [-0.05, 0) is 25.8 Å². The third-order valence-corrected chi connectivity index (χ3v) is 2.99. The summed E-state index contributed by atoms with van der Waals surface area (Å²) in [4.78, 5) is 0. The smallest absolute Gasteiger partial charge is 0.405 e. The summed E-state index contributed by atoms with van der Waals surface area (Å²) in [5.41, 5.74) is 2.89. The molecule has 0 bridgehead atoms. The van der Waals surface area contributed by atoms with E-state index < -0.39 is 12.4 Å². The zero-order valence-electron chi connectivity index (χ0n) is 11.4. The number of hydrogen-bond donors (Lipinski definition) is 2. The Hall–Kier alpha value is -1.31. The van der Waals surface area contributed by atoms with Crippen LogP contribution in [0.4, 0.5) is 13.2 Å². The lowest BCUT2D eigenvalue weighted by molar-refractivity contribution is -0.275. The maximum Gasteiger partial charge on any atom is 0.573 e. The molecule has 0 saturated heterocycles. The van der Waals surface area contributed by atoms with Crippen LogP contribution in [0.5, 0.6) is 5.75 Å². The summed E-state index contributed by atoms with van der Waals surface area (Å²) in [6.07, 6.45) is -3.54. The fourth-order valence-corrected chi connectivity index (χ4v) is 1.83. The second-order valence-electron chi connectivity index (χ2n) is 4.43. The molecule has 1 aromatic carbocycles. The van der Waals surface area contributed by atoms with E-state index in [2.05, 4.69) is 10.2 Å². The molecule has 20 heavy (non-hydrogen) atoms. The molecule has 0 spiro atoms. The predicted molar refractivity (Wildman–Crippen MR) is 68.9 cm³/mol. The minimum Gasteiger partial charge on any atom is -0.405 e. The van der Waals surface area contributed by atoms with Gasteiger partial charge in [-0.2, -0.15) is 0 Å². The van der Waals surface area contributed by atoms with Crippen LogP contribution in [0.15, 0.2) is 24.3 Å². The molecule has 4 nitrogen and oxygen atoms in total. The van der Waals surface area contributed by atoms with E-state index in [4.69, 9.17) is 10.6 Å². The van der Waals surface area contributed by atoms with E-state index in [1.165, 1.54) is 12.1 Å². The Kier molecular flexibility index (Phi) is 6.25. The molecule has 0 aliphatic rings. The van der Waals surface area contributed by atoms with Crippen LogP contribution in [0.3, 0.4) is 0 Å². The molecule has 7 heteroatoms. The number of ether oxygens (including phenoxy) is 2. The Morgan fingerprint density at radius 3 is 2.45 bits per heavy atom. The van der Waals surface area contributed by atoms with Crippen LogP contribution in [-0.2, 0) is 4.74 Å². The molecule has 0 fully saturated rings. The lowest BCUT2D eigenvalue weighted by Crippen LogP contribution is -2.30. The number of rotatable bonds is 7. The van der Waals surface area contributed by atoms with Gasteiger partial charge < -0.3 is 9.47 Å². The molecule has 0 heterocycles. The Balaban J connectivity index is 2.86. The van der Waals surface area contributed by atoms with Gasteiger partial charge in [-0.25, -0.2) is 0 Å². The summed E-state index contributed by atoms with van der Waals surface area (Å²) in [7, 11) is 1.58. The van der Waals surface area contributed by atoms with Crippen LogP contribution in [0.2, 0.25) is 0 Å². The third kappa shape index (κ3) is 5.36. The van der Waals surface area contributed by atoms with E-state index in [1.54, 1.807) is 19.2 Å². The van der Waals surface area contributed by atoms with E-state index >= 15 is 0 Å². The Labute approximate surface area is 116 Å². The minimum atomic E-state index is -4.73. The van der Waals surface area contributed by atoms with E-state index in [1.807, 2.05) is 6.92 Å². The third-order valence-electron chi connectivity index (χ3n) is 2.99. The van der Waals surface area contributed by atoms with E-state index in [0.29, 0.717) is 18.4 Å². The quantitative estimate of drug-likeness (QED) is 0.599. The number of alkyl halides is 3.